The molecule has 0 bridgehead atoms. The number of furan rings is 1. The molecule has 0 radical (unpaired) electrons. The number of imide groups is 1. The average Bonchev–Trinajstić information content (AvgIpc) is 3.38. The summed E-state index contributed by atoms with van der Waals surface area (Å²) >= 11 is 18.3. The largest absolute Gasteiger partial charge is 0.467 e. The number of halogens is 3. The van der Waals surface area contributed by atoms with E-state index in [0.29, 0.717) is 17.0 Å². The summed E-state index contributed by atoms with van der Waals surface area (Å²) in [4.78, 5) is 38.9. The molecular weight excluding hydrogens is 477 g/mol. The van der Waals surface area contributed by atoms with E-state index in [1.165, 1.54) is 24.5 Å². The van der Waals surface area contributed by atoms with Crippen LogP contribution in [-0.2, 0) is 16.1 Å². The lowest BCUT2D eigenvalue weighted by Crippen LogP contribution is -2.32. The van der Waals surface area contributed by atoms with Gasteiger partial charge in [-0.25, -0.2) is 4.90 Å². The van der Waals surface area contributed by atoms with Crippen LogP contribution in [0.3, 0.4) is 0 Å². The zero-order valence-corrected chi connectivity index (χ0v) is 18.5. The highest BCUT2D eigenvalue weighted by atomic mass is 35.5. The molecule has 2 heterocycles. The Hall–Kier alpha value is -3.26. The Morgan fingerprint density at radius 2 is 1.75 bits per heavy atom. The van der Waals surface area contributed by atoms with E-state index in [9.17, 15) is 14.4 Å². The Labute approximate surface area is 197 Å². The molecule has 0 aliphatic carbocycles. The highest BCUT2D eigenvalue weighted by Crippen LogP contribution is 2.37. The Kier molecular flexibility index (Phi) is 6.23. The van der Waals surface area contributed by atoms with Crippen LogP contribution in [0.15, 0.2) is 76.0 Å². The Balaban J connectivity index is 1.53. The lowest BCUT2D eigenvalue weighted by molar-refractivity contribution is -0.120. The first-order valence-corrected chi connectivity index (χ1v) is 10.4. The minimum absolute atomic E-state index is 0.0526. The third-order valence-corrected chi connectivity index (χ3v) is 5.76. The van der Waals surface area contributed by atoms with Crippen LogP contribution >= 0.6 is 34.8 Å². The van der Waals surface area contributed by atoms with E-state index < -0.39 is 11.8 Å². The molecule has 1 aliphatic heterocycles. The molecule has 0 unspecified atom stereocenters. The topological polar surface area (TPSA) is 91.7 Å². The smallest absolute Gasteiger partial charge is 0.283 e. The van der Waals surface area contributed by atoms with Gasteiger partial charge in [-0.15, -0.1) is 0 Å². The van der Waals surface area contributed by atoms with Gasteiger partial charge in [0.1, 0.15) is 16.5 Å². The number of nitrogens with one attached hydrogen (secondary N) is 2. The van der Waals surface area contributed by atoms with Gasteiger partial charge in [0.25, 0.3) is 17.7 Å². The van der Waals surface area contributed by atoms with Gasteiger partial charge < -0.3 is 15.1 Å². The molecular formula is C22H14Cl3N3O4. The van der Waals surface area contributed by atoms with E-state index in [2.05, 4.69) is 10.6 Å². The molecule has 2 N–H and O–H groups in total. The Morgan fingerprint density at radius 1 is 0.969 bits per heavy atom. The number of nitrogens with zero attached hydrogens (tertiary/aromatic N) is 1. The first-order chi connectivity index (χ1) is 15.4. The maximum Gasteiger partial charge on any atom is 0.283 e. The molecule has 7 nitrogen and oxygen atoms in total. The molecule has 1 aromatic heterocycles. The first-order valence-electron chi connectivity index (χ1n) is 9.27. The molecule has 3 aromatic rings. The van der Waals surface area contributed by atoms with Crippen molar-refractivity contribution >= 4 is 63.9 Å². The van der Waals surface area contributed by atoms with E-state index in [1.54, 1.807) is 36.4 Å². The summed E-state index contributed by atoms with van der Waals surface area (Å²) in [6, 6.07) is 14.5. The summed E-state index contributed by atoms with van der Waals surface area (Å²) in [6.07, 6.45) is 1.52. The maximum atomic E-state index is 13.0. The van der Waals surface area contributed by atoms with Crippen LogP contribution in [0.5, 0.6) is 0 Å². The summed E-state index contributed by atoms with van der Waals surface area (Å²) in [7, 11) is 0. The number of carbonyl (C=O) groups excluding carboxylic acids is 3. The average molecular weight is 491 g/mol. The number of rotatable bonds is 6. The van der Waals surface area contributed by atoms with Crippen LogP contribution in [0.2, 0.25) is 10.0 Å². The number of anilines is 2. The number of hydrogen-bond donors (Lipinski definition) is 2. The second-order valence-corrected chi connectivity index (χ2v) is 7.84. The van der Waals surface area contributed by atoms with Gasteiger partial charge in [0.15, 0.2) is 0 Å². The first kappa shape index (κ1) is 22.0. The molecule has 10 heteroatoms. The molecule has 32 heavy (non-hydrogen) atoms. The van der Waals surface area contributed by atoms with Crippen LogP contribution in [-0.4, -0.2) is 17.7 Å². The van der Waals surface area contributed by atoms with E-state index in [1.807, 2.05) is 0 Å². The summed E-state index contributed by atoms with van der Waals surface area (Å²) in [6.45, 7) is 0.225. The molecule has 4 rings (SSSR count). The Morgan fingerprint density at radius 3 is 2.50 bits per heavy atom. The number of hydrogen-bond acceptors (Lipinski definition) is 5. The molecule has 0 atom stereocenters. The van der Waals surface area contributed by atoms with Crippen molar-refractivity contribution in [2.24, 2.45) is 0 Å². The van der Waals surface area contributed by atoms with Gasteiger partial charge >= 0.3 is 0 Å². The van der Waals surface area contributed by atoms with E-state index in [0.717, 1.165) is 4.90 Å². The van der Waals surface area contributed by atoms with Crippen molar-refractivity contribution < 1.29 is 18.8 Å². The van der Waals surface area contributed by atoms with Crippen LogP contribution in [0, 0.1) is 0 Å². The lowest BCUT2D eigenvalue weighted by atomic mass is 10.2. The second-order valence-electron chi connectivity index (χ2n) is 6.68. The van der Waals surface area contributed by atoms with Gasteiger partial charge in [-0.1, -0.05) is 46.9 Å². The molecule has 162 valence electrons. The van der Waals surface area contributed by atoms with Crippen LogP contribution < -0.4 is 15.5 Å². The summed E-state index contributed by atoms with van der Waals surface area (Å²) in [5, 5.41) is 5.50. The molecule has 3 amide bonds. The standard InChI is InChI=1S/C22H14Cl3N3O4/c23-15-7-2-8-16(17(15)24)28-21(30)18(25)19(22(28)31)27-13-5-1-4-12(10-13)20(29)26-11-14-6-3-9-32-14/h1-10,27H,11H2,(H,26,29). The zero-order chi connectivity index (χ0) is 22.8. The van der Waals surface area contributed by atoms with E-state index in [-0.39, 0.29) is 38.9 Å². The minimum Gasteiger partial charge on any atom is -0.467 e. The van der Waals surface area contributed by atoms with Gasteiger partial charge in [0.05, 0.1) is 28.5 Å². The molecule has 0 fully saturated rings. The fourth-order valence-electron chi connectivity index (χ4n) is 3.06. The van der Waals surface area contributed by atoms with Crippen molar-refractivity contribution in [1.82, 2.24) is 5.32 Å². The number of benzene rings is 2. The molecule has 0 saturated carbocycles. The van der Waals surface area contributed by atoms with Gasteiger partial charge in [0, 0.05) is 11.3 Å². The van der Waals surface area contributed by atoms with Crippen LogP contribution in [0.4, 0.5) is 11.4 Å². The maximum absolute atomic E-state index is 13.0. The second kappa shape index (κ2) is 9.08. The SMILES string of the molecule is O=C(NCc1ccco1)c1cccc(NC2=C(Cl)C(=O)N(c3cccc(Cl)c3Cl)C2=O)c1. The van der Waals surface area contributed by atoms with Crippen LogP contribution in [0.1, 0.15) is 16.1 Å². The van der Waals surface area contributed by atoms with Crippen molar-refractivity contribution in [3.63, 3.8) is 0 Å². The fourth-order valence-corrected chi connectivity index (χ4v) is 3.65. The van der Waals surface area contributed by atoms with Crippen LogP contribution in [0.25, 0.3) is 0 Å². The number of carbonyl (C=O) groups is 3. The predicted octanol–water partition coefficient (Wildman–Crippen LogP) is 4.95. The van der Waals surface area contributed by atoms with Crippen molar-refractivity contribution in [3.8, 4) is 0 Å². The highest BCUT2D eigenvalue weighted by molar-refractivity contribution is 6.54. The predicted molar refractivity (Wildman–Crippen MR) is 122 cm³/mol. The van der Waals surface area contributed by atoms with Gasteiger partial charge in [-0.2, -0.15) is 0 Å². The molecule has 1 aliphatic rings. The van der Waals surface area contributed by atoms with E-state index in [4.69, 9.17) is 39.2 Å². The quantitative estimate of drug-likeness (QED) is 0.477. The summed E-state index contributed by atoms with van der Waals surface area (Å²) in [5.74, 6) is -1.17. The van der Waals surface area contributed by atoms with Crippen molar-refractivity contribution in [1.29, 1.82) is 0 Å². The summed E-state index contributed by atoms with van der Waals surface area (Å²) in [5.41, 5.74) is 0.713. The van der Waals surface area contributed by atoms with Gasteiger partial charge in [0.2, 0.25) is 0 Å². The van der Waals surface area contributed by atoms with Gasteiger partial charge in [-0.05, 0) is 42.5 Å². The molecule has 0 spiro atoms. The van der Waals surface area contributed by atoms with Gasteiger partial charge in [-0.3, -0.25) is 14.4 Å². The molecule has 0 saturated heterocycles. The highest BCUT2D eigenvalue weighted by Gasteiger charge is 2.40. The summed E-state index contributed by atoms with van der Waals surface area (Å²) < 4.78 is 5.19. The monoisotopic (exact) mass is 489 g/mol. The third-order valence-electron chi connectivity index (χ3n) is 4.60. The van der Waals surface area contributed by atoms with Crippen molar-refractivity contribution in [2.75, 3.05) is 10.2 Å². The minimum atomic E-state index is -0.740. The fraction of sp³-hybridized carbons (Fsp3) is 0.0455. The number of amides is 3. The molecule has 2 aromatic carbocycles. The zero-order valence-electron chi connectivity index (χ0n) is 16.2. The van der Waals surface area contributed by atoms with Crippen molar-refractivity contribution in [2.45, 2.75) is 6.54 Å². The normalized spacial score (nSPS) is 13.7. The Bertz CT molecular complexity index is 1260. The third kappa shape index (κ3) is 4.23. The van der Waals surface area contributed by atoms with E-state index >= 15 is 0 Å². The lowest BCUT2D eigenvalue weighted by Gasteiger charge is -2.17. The van der Waals surface area contributed by atoms with Crippen molar-refractivity contribution in [3.05, 3.63) is 93.0 Å².